The summed E-state index contributed by atoms with van der Waals surface area (Å²) in [7, 11) is 0. The summed E-state index contributed by atoms with van der Waals surface area (Å²) in [6.07, 6.45) is 0.954. The SMILES string of the molecule is CCc1sc(N)c(C(C)=O)c1C(C)C. The largest absolute Gasteiger partial charge is 0.390 e. The summed E-state index contributed by atoms with van der Waals surface area (Å²) in [4.78, 5) is 12.7. The van der Waals surface area contributed by atoms with Gasteiger partial charge < -0.3 is 5.73 Å². The van der Waals surface area contributed by atoms with Gasteiger partial charge in [-0.15, -0.1) is 11.3 Å². The average molecular weight is 211 g/mol. The first kappa shape index (κ1) is 11.2. The van der Waals surface area contributed by atoms with Crippen LogP contribution in [0.1, 0.15) is 54.4 Å². The maximum atomic E-state index is 11.4. The van der Waals surface area contributed by atoms with Crippen LogP contribution in [0.5, 0.6) is 0 Å². The zero-order chi connectivity index (χ0) is 10.9. The van der Waals surface area contributed by atoms with Crippen molar-refractivity contribution in [2.75, 3.05) is 5.73 Å². The van der Waals surface area contributed by atoms with E-state index >= 15 is 0 Å². The van der Waals surface area contributed by atoms with Crippen LogP contribution in [0.2, 0.25) is 0 Å². The lowest BCUT2D eigenvalue weighted by molar-refractivity contribution is 0.101. The van der Waals surface area contributed by atoms with Crippen LogP contribution in [0, 0.1) is 0 Å². The molecule has 2 N–H and O–H groups in total. The zero-order valence-corrected chi connectivity index (χ0v) is 9.99. The van der Waals surface area contributed by atoms with Crippen molar-refractivity contribution >= 4 is 22.1 Å². The molecule has 2 nitrogen and oxygen atoms in total. The average Bonchev–Trinajstić information content (AvgIpc) is 2.41. The fourth-order valence-corrected chi connectivity index (χ4v) is 2.96. The van der Waals surface area contributed by atoms with Crippen molar-refractivity contribution in [3.63, 3.8) is 0 Å². The standard InChI is InChI=1S/C11H17NOS/c1-5-8-9(6(2)3)10(7(4)13)11(12)14-8/h6H,5,12H2,1-4H3. The number of anilines is 1. The molecule has 0 aliphatic rings. The smallest absolute Gasteiger partial charge is 0.163 e. The normalized spacial score (nSPS) is 10.9. The fourth-order valence-electron chi connectivity index (χ4n) is 1.75. The second kappa shape index (κ2) is 4.13. The van der Waals surface area contributed by atoms with Crippen LogP contribution in [-0.2, 0) is 6.42 Å². The van der Waals surface area contributed by atoms with Crippen molar-refractivity contribution in [3.05, 3.63) is 16.0 Å². The van der Waals surface area contributed by atoms with Crippen molar-refractivity contribution in [1.82, 2.24) is 0 Å². The van der Waals surface area contributed by atoms with Crippen LogP contribution >= 0.6 is 11.3 Å². The first-order valence-corrected chi connectivity index (χ1v) is 5.72. The van der Waals surface area contributed by atoms with E-state index in [0.717, 1.165) is 17.5 Å². The Labute approximate surface area is 89.1 Å². The Morgan fingerprint density at radius 2 is 2.07 bits per heavy atom. The van der Waals surface area contributed by atoms with E-state index in [1.165, 1.54) is 4.88 Å². The third-order valence-corrected chi connectivity index (χ3v) is 3.48. The molecule has 0 aliphatic carbocycles. The Kier molecular flexibility index (Phi) is 3.32. The quantitative estimate of drug-likeness (QED) is 0.780. The van der Waals surface area contributed by atoms with Gasteiger partial charge in [0.25, 0.3) is 0 Å². The second-order valence-corrected chi connectivity index (χ2v) is 4.88. The summed E-state index contributed by atoms with van der Waals surface area (Å²) in [5, 5.41) is 0.679. The van der Waals surface area contributed by atoms with Gasteiger partial charge in [-0.25, -0.2) is 0 Å². The molecule has 14 heavy (non-hydrogen) atoms. The number of hydrogen-bond donors (Lipinski definition) is 1. The van der Waals surface area contributed by atoms with E-state index in [2.05, 4.69) is 20.8 Å². The minimum Gasteiger partial charge on any atom is -0.390 e. The number of nitrogens with two attached hydrogens (primary N) is 1. The van der Waals surface area contributed by atoms with Gasteiger partial charge in [-0.1, -0.05) is 20.8 Å². The number of carbonyl (C=O) groups is 1. The summed E-state index contributed by atoms with van der Waals surface area (Å²) in [5.74, 6) is 0.458. The molecule has 1 rings (SSSR count). The van der Waals surface area contributed by atoms with Gasteiger partial charge in [0.1, 0.15) is 0 Å². The molecule has 0 saturated heterocycles. The van der Waals surface area contributed by atoms with Crippen molar-refractivity contribution in [3.8, 4) is 0 Å². The van der Waals surface area contributed by atoms with Crippen LogP contribution in [0.25, 0.3) is 0 Å². The maximum absolute atomic E-state index is 11.4. The molecule has 0 atom stereocenters. The Morgan fingerprint density at radius 3 is 2.43 bits per heavy atom. The maximum Gasteiger partial charge on any atom is 0.163 e. The van der Waals surface area contributed by atoms with E-state index in [1.807, 2.05) is 0 Å². The van der Waals surface area contributed by atoms with E-state index in [0.29, 0.717) is 10.9 Å². The first-order valence-electron chi connectivity index (χ1n) is 4.91. The van der Waals surface area contributed by atoms with Gasteiger partial charge >= 0.3 is 0 Å². The minimum atomic E-state index is 0.0853. The molecule has 0 bridgehead atoms. The topological polar surface area (TPSA) is 43.1 Å². The van der Waals surface area contributed by atoms with Crippen molar-refractivity contribution < 1.29 is 4.79 Å². The Balaban J connectivity index is 3.38. The molecular weight excluding hydrogens is 194 g/mol. The van der Waals surface area contributed by atoms with Crippen LogP contribution in [0.15, 0.2) is 0 Å². The molecule has 0 unspecified atom stereocenters. The Bertz CT molecular complexity index is 352. The van der Waals surface area contributed by atoms with E-state index in [1.54, 1.807) is 18.3 Å². The number of hydrogen-bond acceptors (Lipinski definition) is 3. The van der Waals surface area contributed by atoms with Gasteiger partial charge in [-0.3, -0.25) is 4.79 Å². The number of ketones is 1. The van der Waals surface area contributed by atoms with Gasteiger partial charge in [0, 0.05) is 4.88 Å². The van der Waals surface area contributed by atoms with Crippen LogP contribution in [0.4, 0.5) is 5.00 Å². The van der Waals surface area contributed by atoms with Crippen molar-refractivity contribution in [2.45, 2.75) is 40.0 Å². The molecule has 0 aliphatic heterocycles. The number of thiophene rings is 1. The van der Waals surface area contributed by atoms with Crippen LogP contribution in [-0.4, -0.2) is 5.78 Å². The third kappa shape index (κ3) is 1.82. The van der Waals surface area contributed by atoms with Gasteiger partial charge in [0.15, 0.2) is 5.78 Å². The molecule has 1 aromatic heterocycles. The summed E-state index contributed by atoms with van der Waals surface area (Å²) in [6.45, 7) is 7.89. The summed E-state index contributed by atoms with van der Waals surface area (Å²) in [5.41, 5.74) is 7.76. The first-order chi connectivity index (χ1) is 6.49. The number of Topliss-reactive ketones (excluding diaryl/α,β-unsaturated/α-hetero) is 1. The highest BCUT2D eigenvalue weighted by molar-refractivity contribution is 7.16. The van der Waals surface area contributed by atoms with E-state index in [4.69, 9.17) is 5.73 Å². The zero-order valence-electron chi connectivity index (χ0n) is 9.18. The lowest BCUT2D eigenvalue weighted by Gasteiger charge is -2.08. The molecule has 0 spiro atoms. The van der Waals surface area contributed by atoms with Gasteiger partial charge in [0.05, 0.1) is 10.6 Å². The molecule has 3 heteroatoms. The number of carbonyl (C=O) groups excluding carboxylic acids is 1. The minimum absolute atomic E-state index is 0.0853. The van der Waals surface area contributed by atoms with Gasteiger partial charge in [0.2, 0.25) is 0 Å². The van der Waals surface area contributed by atoms with E-state index in [9.17, 15) is 4.79 Å². The predicted molar refractivity (Wildman–Crippen MR) is 62.2 cm³/mol. The lowest BCUT2D eigenvalue weighted by atomic mass is 9.96. The molecule has 1 heterocycles. The molecule has 78 valence electrons. The lowest BCUT2D eigenvalue weighted by Crippen LogP contribution is -2.02. The number of rotatable bonds is 3. The third-order valence-electron chi connectivity index (χ3n) is 2.30. The number of nitrogen functional groups attached to an aromatic ring is 1. The highest BCUT2D eigenvalue weighted by Crippen LogP contribution is 2.36. The van der Waals surface area contributed by atoms with Gasteiger partial charge in [-0.2, -0.15) is 0 Å². The molecule has 0 amide bonds. The Hall–Kier alpha value is -0.830. The highest BCUT2D eigenvalue weighted by atomic mass is 32.1. The summed E-state index contributed by atoms with van der Waals surface area (Å²) < 4.78 is 0. The van der Waals surface area contributed by atoms with E-state index in [-0.39, 0.29) is 5.78 Å². The summed E-state index contributed by atoms with van der Waals surface area (Å²) >= 11 is 1.55. The summed E-state index contributed by atoms with van der Waals surface area (Å²) in [6, 6.07) is 0. The second-order valence-electron chi connectivity index (χ2n) is 3.74. The fraction of sp³-hybridized carbons (Fsp3) is 0.545. The molecule has 0 saturated carbocycles. The highest BCUT2D eigenvalue weighted by Gasteiger charge is 2.20. The molecule has 0 aromatic carbocycles. The van der Waals surface area contributed by atoms with Gasteiger partial charge in [-0.05, 0) is 24.8 Å². The van der Waals surface area contributed by atoms with E-state index < -0.39 is 0 Å². The molecular formula is C11H17NOS. The molecule has 0 fully saturated rings. The van der Waals surface area contributed by atoms with Crippen molar-refractivity contribution in [1.29, 1.82) is 0 Å². The Morgan fingerprint density at radius 1 is 1.50 bits per heavy atom. The number of aryl methyl sites for hydroxylation is 1. The van der Waals surface area contributed by atoms with Crippen LogP contribution < -0.4 is 5.73 Å². The predicted octanol–water partition coefficient (Wildman–Crippen LogP) is 3.22. The monoisotopic (exact) mass is 211 g/mol. The van der Waals surface area contributed by atoms with Crippen molar-refractivity contribution in [2.24, 2.45) is 0 Å². The van der Waals surface area contributed by atoms with Crippen LogP contribution in [0.3, 0.4) is 0 Å². The molecule has 1 aromatic rings. The molecule has 0 radical (unpaired) electrons.